The van der Waals surface area contributed by atoms with Crippen LogP contribution in [-0.4, -0.2) is 9.55 Å². The normalized spacial score (nSPS) is 11.0. The molecule has 1 aromatic carbocycles. The average Bonchev–Trinajstić information content (AvgIpc) is 2.84. The number of hydrogen-bond donors (Lipinski definition) is 1. The summed E-state index contributed by atoms with van der Waals surface area (Å²) in [5, 5.41) is 2.74. The van der Waals surface area contributed by atoms with E-state index in [1.807, 2.05) is 42.6 Å². The third-order valence-corrected chi connectivity index (χ3v) is 4.33. The number of aromatic nitrogens is 2. The van der Waals surface area contributed by atoms with Gasteiger partial charge in [-0.1, -0.05) is 30.3 Å². The van der Waals surface area contributed by atoms with Crippen LogP contribution >= 0.6 is 23.6 Å². The third kappa shape index (κ3) is 1.95. The summed E-state index contributed by atoms with van der Waals surface area (Å²) in [6, 6.07) is 9.94. The summed E-state index contributed by atoms with van der Waals surface area (Å²) in [7, 11) is 0. The fourth-order valence-electron chi connectivity index (χ4n) is 2.17. The summed E-state index contributed by atoms with van der Waals surface area (Å²) in [6.07, 6.45) is 0. The Morgan fingerprint density at radius 2 is 2.05 bits per heavy atom. The number of fused-ring (bicyclic) bond motifs is 1. The van der Waals surface area contributed by atoms with Crippen molar-refractivity contribution in [2.24, 2.45) is 0 Å². The molecule has 0 aliphatic rings. The highest BCUT2D eigenvalue weighted by Gasteiger charge is 2.12. The van der Waals surface area contributed by atoms with Gasteiger partial charge in [0, 0.05) is 17.5 Å². The molecule has 0 atom stereocenters. The predicted molar refractivity (Wildman–Crippen MR) is 82.4 cm³/mol. The molecule has 3 aromatic rings. The Morgan fingerprint density at radius 3 is 2.74 bits per heavy atom. The highest BCUT2D eigenvalue weighted by molar-refractivity contribution is 7.71. The molecule has 5 heteroatoms. The van der Waals surface area contributed by atoms with E-state index < -0.39 is 0 Å². The Morgan fingerprint density at radius 1 is 1.32 bits per heavy atom. The van der Waals surface area contributed by atoms with Gasteiger partial charge in [-0.05, 0) is 24.7 Å². The van der Waals surface area contributed by atoms with E-state index >= 15 is 0 Å². The molecule has 19 heavy (non-hydrogen) atoms. The standard InChI is InChI=1S/C14H12N2OS2/c1-2-16-13(17)11-10(9-6-4-3-5-7-9)8-19-12(11)15-14(16)18/h3-8H,2H2,1H3,(H,15,18). The second kappa shape index (κ2) is 4.75. The lowest BCUT2D eigenvalue weighted by molar-refractivity contribution is 0.706. The number of aromatic amines is 1. The van der Waals surface area contributed by atoms with Gasteiger partial charge < -0.3 is 4.98 Å². The molecule has 0 saturated heterocycles. The second-order valence-electron chi connectivity index (χ2n) is 4.20. The van der Waals surface area contributed by atoms with E-state index in [9.17, 15) is 4.79 Å². The van der Waals surface area contributed by atoms with Crippen LogP contribution in [0.1, 0.15) is 6.92 Å². The van der Waals surface area contributed by atoms with Crippen molar-refractivity contribution in [3.05, 3.63) is 50.8 Å². The highest BCUT2D eigenvalue weighted by Crippen LogP contribution is 2.30. The van der Waals surface area contributed by atoms with E-state index in [0.29, 0.717) is 11.3 Å². The molecule has 96 valence electrons. The number of thiophene rings is 1. The van der Waals surface area contributed by atoms with Crippen LogP contribution in [0.15, 0.2) is 40.5 Å². The average molecular weight is 288 g/mol. The molecule has 0 bridgehead atoms. The predicted octanol–water partition coefficient (Wildman–Crippen LogP) is 3.81. The number of hydrogen-bond acceptors (Lipinski definition) is 3. The zero-order valence-electron chi connectivity index (χ0n) is 10.3. The molecule has 0 unspecified atom stereocenters. The Kier molecular flexibility index (Phi) is 3.08. The molecule has 3 nitrogen and oxygen atoms in total. The zero-order chi connectivity index (χ0) is 13.4. The molecule has 0 radical (unpaired) electrons. The molecule has 0 fully saturated rings. The van der Waals surface area contributed by atoms with Crippen molar-refractivity contribution in [1.82, 2.24) is 9.55 Å². The van der Waals surface area contributed by atoms with Gasteiger partial charge in [-0.15, -0.1) is 11.3 Å². The molecule has 0 amide bonds. The summed E-state index contributed by atoms with van der Waals surface area (Å²) >= 11 is 6.73. The van der Waals surface area contributed by atoms with Crippen molar-refractivity contribution in [2.75, 3.05) is 0 Å². The topological polar surface area (TPSA) is 37.8 Å². The first-order valence-corrected chi connectivity index (χ1v) is 7.31. The van der Waals surface area contributed by atoms with E-state index in [4.69, 9.17) is 12.2 Å². The molecule has 2 heterocycles. The van der Waals surface area contributed by atoms with Gasteiger partial charge in [-0.3, -0.25) is 9.36 Å². The Bertz CT molecular complexity index is 843. The van der Waals surface area contributed by atoms with Crippen LogP contribution in [-0.2, 0) is 6.54 Å². The minimum Gasteiger partial charge on any atom is -0.323 e. The quantitative estimate of drug-likeness (QED) is 0.728. The lowest BCUT2D eigenvalue weighted by Gasteiger charge is -2.04. The van der Waals surface area contributed by atoms with Crippen molar-refractivity contribution in [3.8, 4) is 11.1 Å². The lowest BCUT2D eigenvalue weighted by atomic mass is 10.1. The molecule has 0 saturated carbocycles. The molecule has 0 aliphatic carbocycles. The SMILES string of the molecule is CCn1c(=S)[nH]c2scc(-c3ccccc3)c2c1=O. The van der Waals surface area contributed by atoms with Crippen LogP contribution < -0.4 is 5.56 Å². The highest BCUT2D eigenvalue weighted by atomic mass is 32.1. The maximum Gasteiger partial charge on any atom is 0.263 e. The first kappa shape index (κ1) is 12.3. The summed E-state index contributed by atoms with van der Waals surface area (Å²) < 4.78 is 2.08. The van der Waals surface area contributed by atoms with Gasteiger partial charge in [0.1, 0.15) is 4.83 Å². The van der Waals surface area contributed by atoms with E-state index in [1.165, 1.54) is 11.3 Å². The van der Waals surface area contributed by atoms with Gasteiger partial charge in [-0.2, -0.15) is 0 Å². The van der Waals surface area contributed by atoms with Gasteiger partial charge in [0.25, 0.3) is 5.56 Å². The second-order valence-corrected chi connectivity index (χ2v) is 5.47. The number of rotatable bonds is 2. The fraction of sp³-hybridized carbons (Fsp3) is 0.143. The Balaban J connectivity index is 2.41. The van der Waals surface area contributed by atoms with Gasteiger partial charge >= 0.3 is 0 Å². The smallest absolute Gasteiger partial charge is 0.263 e. The monoisotopic (exact) mass is 288 g/mol. The summed E-state index contributed by atoms with van der Waals surface area (Å²) in [5.74, 6) is 0. The van der Waals surface area contributed by atoms with E-state index in [-0.39, 0.29) is 5.56 Å². The van der Waals surface area contributed by atoms with Crippen molar-refractivity contribution >= 4 is 33.8 Å². The van der Waals surface area contributed by atoms with Crippen molar-refractivity contribution in [1.29, 1.82) is 0 Å². The van der Waals surface area contributed by atoms with E-state index in [2.05, 4.69) is 4.98 Å². The number of H-pyrrole nitrogens is 1. The van der Waals surface area contributed by atoms with Crippen LogP contribution in [0.5, 0.6) is 0 Å². The largest absolute Gasteiger partial charge is 0.323 e. The summed E-state index contributed by atoms with van der Waals surface area (Å²) in [4.78, 5) is 16.5. The molecule has 1 N–H and O–H groups in total. The van der Waals surface area contributed by atoms with Crippen LogP contribution in [0.25, 0.3) is 21.3 Å². The van der Waals surface area contributed by atoms with Crippen molar-refractivity contribution in [2.45, 2.75) is 13.5 Å². The number of nitrogens with one attached hydrogen (secondary N) is 1. The lowest BCUT2D eigenvalue weighted by Crippen LogP contribution is -2.20. The van der Waals surface area contributed by atoms with E-state index in [0.717, 1.165) is 21.3 Å². The minimum absolute atomic E-state index is 0.0126. The molecule has 2 aromatic heterocycles. The van der Waals surface area contributed by atoms with Crippen LogP contribution in [0.2, 0.25) is 0 Å². The molecule has 3 rings (SSSR count). The van der Waals surface area contributed by atoms with Crippen molar-refractivity contribution < 1.29 is 0 Å². The maximum atomic E-state index is 12.5. The summed E-state index contributed by atoms with van der Waals surface area (Å²) in [6.45, 7) is 2.50. The van der Waals surface area contributed by atoms with Gasteiger partial charge in [0.2, 0.25) is 0 Å². The van der Waals surface area contributed by atoms with E-state index in [1.54, 1.807) is 4.57 Å². The fourth-order valence-corrected chi connectivity index (χ4v) is 3.51. The van der Waals surface area contributed by atoms with Gasteiger partial charge in [0.05, 0.1) is 5.39 Å². The minimum atomic E-state index is -0.0126. The maximum absolute atomic E-state index is 12.5. The third-order valence-electron chi connectivity index (χ3n) is 3.12. The van der Waals surface area contributed by atoms with Crippen molar-refractivity contribution in [3.63, 3.8) is 0 Å². The first-order valence-electron chi connectivity index (χ1n) is 6.02. The number of benzene rings is 1. The molecule has 0 spiro atoms. The summed E-state index contributed by atoms with van der Waals surface area (Å²) in [5.41, 5.74) is 2.01. The van der Waals surface area contributed by atoms with Gasteiger partial charge in [0.15, 0.2) is 4.77 Å². The van der Waals surface area contributed by atoms with Crippen LogP contribution in [0.3, 0.4) is 0 Å². The molecule has 0 aliphatic heterocycles. The van der Waals surface area contributed by atoms with Crippen LogP contribution in [0, 0.1) is 4.77 Å². The Hall–Kier alpha value is -1.72. The van der Waals surface area contributed by atoms with Gasteiger partial charge in [-0.25, -0.2) is 0 Å². The molecular formula is C14H12N2OS2. The first-order chi connectivity index (χ1) is 9.22. The number of nitrogens with zero attached hydrogens (tertiary/aromatic N) is 1. The zero-order valence-corrected chi connectivity index (χ0v) is 12.0. The van der Waals surface area contributed by atoms with Crippen LogP contribution in [0.4, 0.5) is 0 Å². The Labute approximate surface area is 119 Å². The molecular weight excluding hydrogens is 276 g/mol.